The Bertz CT molecular complexity index is 1820. The lowest BCUT2D eigenvalue weighted by Crippen LogP contribution is -2.47. The Morgan fingerprint density at radius 1 is 0.932 bits per heavy atom. The molecule has 3 aromatic heterocycles. The van der Waals surface area contributed by atoms with Crippen LogP contribution in [0.4, 0.5) is 5.69 Å². The van der Waals surface area contributed by atoms with Crippen LogP contribution < -0.4 is 10.6 Å². The highest BCUT2D eigenvalue weighted by Crippen LogP contribution is 2.38. The number of hydrogen-bond acceptors (Lipinski definition) is 6. The average molecular weight is 589 g/mol. The number of anilines is 1. The van der Waals surface area contributed by atoms with Gasteiger partial charge in [0, 0.05) is 55.1 Å². The second-order valence-corrected chi connectivity index (χ2v) is 11.7. The number of fused-ring (bicyclic) bond motifs is 1. The van der Waals surface area contributed by atoms with Crippen LogP contribution in [0.5, 0.6) is 0 Å². The lowest BCUT2D eigenvalue weighted by molar-refractivity contribution is -0.118. The second-order valence-electron chi connectivity index (χ2n) is 11.7. The molecule has 1 aliphatic carbocycles. The number of benzene rings is 2. The van der Waals surface area contributed by atoms with Crippen LogP contribution in [0.25, 0.3) is 22.5 Å². The number of hydrogen-bond donors (Lipinski definition) is 2. The molecule has 0 saturated heterocycles. The van der Waals surface area contributed by atoms with Crippen LogP contribution in [0.15, 0.2) is 73.2 Å². The molecule has 6 rings (SSSR count). The number of carbonyl (C=O) groups is 2. The van der Waals surface area contributed by atoms with Gasteiger partial charge in [-0.2, -0.15) is 10.2 Å². The molecule has 0 saturated carbocycles. The number of amides is 2. The number of nitrogens with zero attached hydrogens (tertiary/aromatic N) is 6. The van der Waals surface area contributed by atoms with E-state index in [1.165, 1.54) is 10.2 Å². The molecule has 10 heteroatoms. The minimum atomic E-state index is -0.815. The molecule has 5 aromatic rings. The molecule has 0 spiro atoms. The van der Waals surface area contributed by atoms with E-state index in [-0.39, 0.29) is 23.7 Å². The van der Waals surface area contributed by atoms with Gasteiger partial charge in [0.2, 0.25) is 5.91 Å². The molecule has 44 heavy (non-hydrogen) atoms. The van der Waals surface area contributed by atoms with E-state index in [9.17, 15) is 9.59 Å². The Balaban J connectivity index is 1.31. The Labute approximate surface area is 256 Å². The molecular weight excluding hydrogens is 552 g/mol. The number of aryl methyl sites for hydroxylation is 4. The topological polar surface area (TPSA) is 120 Å². The van der Waals surface area contributed by atoms with E-state index in [1.54, 1.807) is 25.5 Å². The van der Waals surface area contributed by atoms with Gasteiger partial charge < -0.3 is 10.6 Å². The van der Waals surface area contributed by atoms with Crippen molar-refractivity contribution in [2.45, 2.75) is 51.5 Å². The summed E-state index contributed by atoms with van der Waals surface area (Å²) in [6.45, 7) is 6.16. The van der Waals surface area contributed by atoms with Gasteiger partial charge in [-0.05, 0) is 66.8 Å². The van der Waals surface area contributed by atoms with E-state index < -0.39 is 6.04 Å². The molecular formula is C34H36N8O2. The smallest absolute Gasteiger partial charge is 0.270 e. The van der Waals surface area contributed by atoms with Gasteiger partial charge in [-0.25, -0.2) is 9.97 Å². The van der Waals surface area contributed by atoms with Crippen LogP contribution in [0, 0.1) is 6.92 Å². The first-order valence-corrected chi connectivity index (χ1v) is 14.8. The second kappa shape index (κ2) is 11.9. The zero-order valence-electron chi connectivity index (χ0n) is 25.6. The molecule has 2 N–H and O–H groups in total. The zero-order valence-corrected chi connectivity index (χ0v) is 25.6. The maximum Gasteiger partial charge on any atom is 0.270 e. The number of carbonyl (C=O) groups excluding carboxylic acids is 2. The molecule has 0 bridgehead atoms. The van der Waals surface area contributed by atoms with Crippen molar-refractivity contribution in [3.05, 3.63) is 101 Å². The van der Waals surface area contributed by atoms with Gasteiger partial charge in [0.15, 0.2) is 0 Å². The van der Waals surface area contributed by atoms with Crippen molar-refractivity contribution < 1.29 is 9.59 Å². The minimum absolute atomic E-state index is 0.203. The van der Waals surface area contributed by atoms with E-state index in [4.69, 9.17) is 4.98 Å². The highest BCUT2D eigenvalue weighted by Gasteiger charge is 2.36. The molecule has 2 amide bonds. The fourth-order valence-electron chi connectivity index (χ4n) is 6.01. The van der Waals surface area contributed by atoms with Gasteiger partial charge in [0.1, 0.15) is 17.6 Å². The van der Waals surface area contributed by atoms with Crippen molar-refractivity contribution >= 4 is 17.5 Å². The molecule has 0 radical (unpaired) electrons. The minimum Gasteiger partial charge on any atom is -0.338 e. The first-order chi connectivity index (χ1) is 21.2. The summed E-state index contributed by atoms with van der Waals surface area (Å²) in [4.78, 5) is 36.6. The third-order valence-corrected chi connectivity index (χ3v) is 8.33. The van der Waals surface area contributed by atoms with E-state index in [2.05, 4.69) is 57.9 Å². The Morgan fingerprint density at radius 3 is 2.39 bits per heavy atom. The van der Waals surface area contributed by atoms with Gasteiger partial charge in [-0.1, -0.05) is 38.1 Å². The highest BCUT2D eigenvalue weighted by molar-refractivity contribution is 6.01. The molecule has 0 fully saturated rings. The lowest BCUT2D eigenvalue weighted by atomic mass is 9.90. The van der Waals surface area contributed by atoms with Crippen LogP contribution in [0.1, 0.15) is 65.1 Å². The van der Waals surface area contributed by atoms with Gasteiger partial charge in [-0.15, -0.1) is 0 Å². The van der Waals surface area contributed by atoms with E-state index >= 15 is 0 Å². The van der Waals surface area contributed by atoms with Crippen LogP contribution in [-0.2, 0) is 25.3 Å². The molecule has 2 aromatic carbocycles. The van der Waals surface area contributed by atoms with E-state index in [0.717, 1.165) is 52.3 Å². The Morgan fingerprint density at radius 2 is 1.70 bits per heavy atom. The summed E-state index contributed by atoms with van der Waals surface area (Å²) in [6, 6.07) is 16.7. The first-order valence-electron chi connectivity index (χ1n) is 14.8. The maximum atomic E-state index is 14.0. The Kier molecular flexibility index (Phi) is 7.82. The van der Waals surface area contributed by atoms with Crippen LogP contribution in [0.3, 0.4) is 0 Å². The van der Waals surface area contributed by atoms with Crippen molar-refractivity contribution in [2.75, 3.05) is 5.32 Å². The van der Waals surface area contributed by atoms with Crippen molar-refractivity contribution in [3.63, 3.8) is 0 Å². The van der Waals surface area contributed by atoms with Crippen molar-refractivity contribution in [1.82, 2.24) is 34.8 Å². The van der Waals surface area contributed by atoms with Gasteiger partial charge in [0.25, 0.3) is 5.91 Å². The van der Waals surface area contributed by atoms with Crippen molar-refractivity contribution in [3.8, 4) is 22.5 Å². The summed E-state index contributed by atoms with van der Waals surface area (Å²) in [5.74, 6) is 0.121. The number of rotatable bonds is 8. The molecule has 2 atom stereocenters. The average Bonchev–Trinajstić information content (AvgIpc) is 3.74. The monoisotopic (exact) mass is 588 g/mol. The van der Waals surface area contributed by atoms with Crippen LogP contribution in [0.2, 0.25) is 0 Å². The van der Waals surface area contributed by atoms with Crippen LogP contribution >= 0.6 is 0 Å². The standard InChI is InChI=1S/C34H36N8O2/c1-20(2)32-35-16-14-28(39-32)24-7-6-22-10-13-26(27(22)18-24)30(40-33(43)29-15-17-36-41(29)4)34(44)38-25-11-8-23(9-12-25)31-21(3)19-37-42(31)5/h6-9,11-12,14-20,26,30H,10,13H2,1-5H3,(H,38,44)(H,40,43)/t26-,30+/m1/s1. The quantitative estimate of drug-likeness (QED) is 0.258. The normalized spacial score (nSPS) is 14.8. The van der Waals surface area contributed by atoms with Gasteiger partial charge >= 0.3 is 0 Å². The number of aromatic nitrogens is 6. The summed E-state index contributed by atoms with van der Waals surface area (Å²) in [5.41, 5.74) is 8.12. The molecule has 0 aliphatic heterocycles. The van der Waals surface area contributed by atoms with Gasteiger partial charge in [0.05, 0.1) is 17.6 Å². The maximum absolute atomic E-state index is 14.0. The molecule has 1 aliphatic rings. The fourth-order valence-corrected chi connectivity index (χ4v) is 6.01. The molecule has 0 unspecified atom stereocenters. The fraction of sp³-hybridized carbons (Fsp3) is 0.294. The third kappa shape index (κ3) is 5.62. The predicted molar refractivity (Wildman–Crippen MR) is 169 cm³/mol. The van der Waals surface area contributed by atoms with Crippen molar-refractivity contribution in [2.24, 2.45) is 14.1 Å². The van der Waals surface area contributed by atoms with E-state index in [0.29, 0.717) is 11.4 Å². The summed E-state index contributed by atoms with van der Waals surface area (Å²) >= 11 is 0. The first kappa shape index (κ1) is 29.0. The summed E-state index contributed by atoms with van der Waals surface area (Å²) in [7, 11) is 3.62. The van der Waals surface area contributed by atoms with E-state index in [1.807, 2.05) is 55.2 Å². The predicted octanol–water partition coefficient (Wildman–Crippen LogP) is 5.18. The molecule has 224 valence electrons. The highest BCUT2D eigenvalue weighted by atomic mass is 16.2. The Hall–Kier alpha value is -5.12. The number of nitrogens with one attached hydrogen (secondary N) is 2. The van der Waals surface area contributed by atoms with Gasteiger partial charge in [-0.3, -0.25) is 19.0 Å². The summed E-state index contributed by atoms with van der Waals surface area (Å²) < 4.78 is 3.34. The summed E-state index contributed by atoms with van der Waals surface area (Å²) in [5, 5.41) is 14.6. The third-order valence-electron chi connectivity index (χ3n) is 8.33. The lowest BCUT2D eigenvalue weighted by Gasteiger charge is -2.25. The largest absolute Gasteiger partial charge is 0.338 e. The molecule has 3 heterocycles. The zero-order chi connectivity index (χ0) is 31.0. The summed E-state index contributed by atoms with van der Waals surface area (Å²) in [6.07, 6.45) is 6.72. The van der Waals surface area contributed by atoms with Crippen LogP contribution in [-0.4, -0.2) is 47.4 Å². The SMILES string of the molecule is Cc1cnn(C)c1-c1ccc(NC(=O)[C@@H](NC(=O)c2ccnn2C)[C@@H]2CCc3ccc(-c4ccnc(C(C)C)n4)cc32)cc1. The molecule has 10 nitrogen and oxygen atoms in total. The van der Waals surface area contributed by atoms with Crippen molar-refractivity contribution in [1.29, 1.82) is 0 Å².